The first-order valence-electron chi connectivity index (χ1n) is 4.53. The summed E-state index contributed by atoms with van der Waals surface area (Å²) in [6.45, 7) is 0.633. The highest BCUT2D eigenvalue weighted by Crippen LogP contribution is 2.34. The van der Waals surface area contributed by atoms with Crippen molar-refractivity contribution in [3.63, 3.8) is 0 Å². The molecule has 1 fully saturated rings. The fourth-order valence-corrected chi connectivity index (χ4v) is 2.40. The summed E-state index contributed by atoms with van der Waals surface area (Å²) in [6.07, 6.45) is 2.83. The van der Waals surface area contributed by atoms with Crippen molar-refractivity contribution < 1.29 is 14.6 Å². The third kappa shape index (κ3) is 1.78. The van der Waals surface area contributed by atoms with E-state index in [1.807, 2.05) is 5.38 Å². The largest absolute Gasteiger partial charge is 0.481 e. The summed E-state index contributed by atoms with van der Waals surface area (Å²) in [5.41, 5.74) is 0. The smallest absolute Gasteiger partial charge is 0.309 e. The summed E-state index contributed by atoms with van der Waals surface area (Å²) in [7, 11) is 0. The maximum absolute atomic E-state index is 11.0. The molecule has 1 aliphatic rings. The van der Waals surface area contributed by atoms with Gasteiger partial charge < -0.3 is 9.84 Å². The highest BCUT2D eigenvalue weighted by Gasteiger charge is 2.34. The van der Waals surface area contributed by atoms with E-state index in [9.17, 15) is 4.79 Å². The van der Waals surface area contributed by atoms with Crippen molar-refractivity contribution >= 4 is 17.3 Å². The van der Waals surface area contributed by atoms with Crippen molar-refractivity contribution in [1.29, 1.82) is 0 Å². The number of aromatic nitrogens is 1. The van der Waals surface area contributed by atoms with Crippen molar-refractivity contribution in [3.8, 4) is 0 Å². The molecule has 0 radical (unpaired) electrons. The summed E-state index contributed by atoms with van der Waals surface area (Å²) < 4.78 is 5.46. The minimum absolute atomic E-state index is 0.346. The third-order valence-corrected chi connectivity index (χ3v) is 3.17. The van der Waals surface area contributed by atoms with Crippen LogP contribution >= 0.6 is 11.3 Å². The Balaban J connectivity index is 2.18. The average molecular weight is 213 g/mol. The second kappa shape index (κ2) is 4.06. The first kappa shape index (κ1) is 9.61. The lowest BCUT2D eigenvalue weighted by atomic mass is 9.95. The van der Waals surface area contributed by atoms with Gasteiger partial charge >= 0.3 is 5.97 Å². The Morgan fingerprint density at radius 2 is 2.57 bits per heavy atom. The van der Waals surface area contributed by atoms with Crippen molar-refractivity contribution in [1.82, 2.24) is 4.98 Å². The molecule has 4 nitrogen and oxygen atoms in total. The van der Waals surface area contributed by atoms with Crippen LogP contribution in [0.25, 0.3) is 0 Å². The minimum Gasteiger partial charge on any atom is -0.481 e. The summed E-state index contributed by atoms with van der Waals surface area (Å²) in [4.78, 5) is 15.1. The van der Waals surface area contributed by atoms with Crippen LogP contribution in [0.1, 0.15) is 24.0 Å². The number of carboxylic acids is 1. The van der Waals surface area contributed by atoms with Gasteiger partial charge in [0, 0.05) is 18.2 Å². The second-order valence-corrected chi connectivity index (χ2v) is 4.17. The van der Waals surface area contributed by atoms with Gasteiger partial charge in [-0.15, -0.1) is 11.3 Å². The van der Waals surface area contributed by atoms with Crippen LogP contribution in [-0.4, -0.2) is 22.7 Å². The molecular formula is C9H11NO3S. The number of aliphatic carboxylic acids is 1. The van der Waals surface area contributed by atoms with Gasteiger partial charge in [0.15, 0.2) is 0 Å². The summed E-state index contributed by atoms with van der Waals surface area (Å²) in [6, 6.07) is 0. The molecule has 0 aromatic carbocycles. The Bertz CT molecular complexity index is 312. The van der Waals surface area contributed by atoms with Gasteiger partial charge in [-0.05, 0) is 12.8 Å². The van der Waals surface area contributed by atoms with Gasteiger partial charge in [0.05, 0.1) is 5.92 Å². The van der Waals surface area contributed by atoms with E-state index < -0.39 is 11.9 Å². The van der Waals surface area contributed by atoms with Gasteiger partial charge in [-0.2, -0.15) is 0 Å². The van der Waals surface area contributed by atoms with E-state index in [4.69, 9.17) is 9.84 Å². The van der Waals surface area contributed by atoms with Crippen molar-refractivity contribution in [2.75, 3.05) is 6.61 Å². The van der Waals surface area contributed by atoms with Gasteiger partial charge in [-0.1, -0.05) is 0 Å². The van der Waals surface area contributed by atoms with Crippen LogP contribution in [0.2, 0.25) is 0 Å². The van der Waals surface area contributed by atoms with Crippen LogP contribution in [0.4, 0.5) is 0 Å². The molecule has 2 rings (SSSR count). The molecule has 2 atom stereocenters. The van der Waals surface area contributed by atoms with Gasteiger partial charge in [0.1, 0.15) is 11.1 Å². The standard InChI is InChI=1S/C9H11NO3S/c11-9(12)6-2-1-4-13-7(6)8-10-3-5-14-8/h3,5-7H,1-2,4H2,(H,11,12)/t6-,7-/m0/s1. The molecule has 14 heavy (non-hydrogen) atoms. The molecule has 1 aromatic rings. The van der Waals surface area contributed by atoms with Gasteiger partial charge in [0.25, 0.3) is 0 Å². The lowest BCUT2D eigenvalue weighted by molar-refractivity contribution is -0.151. The van der Waals surface area contributed by atoms with Gasteiger partial charge in [-0.25, -0.2) is 4.98 Å². The van der Waals surface area contributed by atoms with Crippen molar-refractivity contribution in [2.45, 2.75) is 18.9 Å². The van der Waals surface area contributed by atoms with E-state index in [1.165, 1.54) is 11.3 Å². The van der Waals surface area contributed by atoms with E-state index >= 15 is 0 Å². The van der Waals surface area contributed by atoms with Crippen LogP contribution in [0, 0.1) is 5.92 Å². The molecule has 5 heteroatoms. The number of rotatable bonds is 2. The molecule has 76 valence electrons. The van der Waals surface area contributed by atoms with Gasteiger partial charge in [-0.3, -0.25) is 4.79 Å². The quantitative estimate of drug-likeness (QED) is 0.812. The molecule has 0 aliphatic carbocycles. The molecule has 0 unspecified atom stereocenters. The maximum Gasteiger partial charge on any atom is 0.309 e. The van der Waals surface area contributed by atoms with E-state index in [0.29, 0.717) is 13.0 Å². The third-order valence-electron chi connectivity index (χ3n) is 2.33. The molecule has 1 aromatic heterocycles. The molecule has 2 heterocycles. The Morgan fingerprint density at radius 3 is 3.21 bits per heavy atom. The zero-order valence-corrected chi connectivity index (χ0v) is 8.37. The maximum atomic E-state index is 11.0. The number of carbonyl (C=O) groups is 1. The van der Waals surface area contributed by atoms with E-state index in [0.717, 1.165) is 11.4 Å². The van der Waals surface area contributed by atoms with E-state index in [-0.39, 0.29) is 6.10 Å². The van der Waals surface area contributed by atoms with Crippen LogP contribution in [0.15, 0.2) is 11.6 Å². The Hall–Kier alpha value is -0.940. The lowest BCUT2D eigenvalue weighted by Gasteiger charge is -2.27. The Morgan fingerprint density at radius 1 is 1.71 bits per heavy atom. The predicted octanol–water partition coefficient (Wildman–Crippen LogP) is 1.70. The highest BCUT2D eigenvalue weighted by molar-refractivity contribution is 7.09. The van der Waals surface area contributed by atoms with Crippen LogP contribution in [-0.2, 0) is 9.53 Å². The average Bonchev–Trinajstić information content (AvgIpc) is 2.70. The van der Waals surface area contributed by atoms with Crippen molar-refractivity contribution in [3.05, 3.63) is 16.6 Å². The molecule has 1 N–H and O–H groups in total. The first-order valence-corrected chi connectivity index (χ1v) is 5.41. The van der Waals surface area contributed by atoms with Crippen LogP contribution < -0.4 is 0 Å². The number of carboxylic acid groups (broad SMARTS) is 1. The van der Waals surface area contributed by atoms with E-state index in [2.05, 4.69) is 4.98 Å². The normalized spacial score (nSPS) is 27.4. The Labute approximate surface area is 85.5 Å². The molecule has 0 spiro atoms. The number of ether oxygens (including phenoxy) is 1. The highest BCUT2D eigenvalue weighted by atomic mass is 32.1. The summed E-state index contributed by atoms with van der Waals surface area (Å²) >= 11 is 1.45. The predicted molar refractivity (Wildman–Crippen MR) is 51.2 cm³/mol. The Kier molecular flexibility index (Phi) is 2.79. The van der Waals surface area contributed by atoms with E-state index in [1.54, 1.807) is 6.20 Å². The summed E-state index contributed by atoms with van der Waals surface area (Å²) in [5.74, 6) is -1.22. The lowest BCUT2D eigenvalue weighted by Crippen LogP contribution is -2.28. The molecule has 0 bridgehead atoms. The minimum atomic E-state index is -0.787. The van der Waals surface area contributed by atoms with Crippen LogP contribution in [0.5, 0.6) is 0 Å². The van der Waals surface area contributed by atoms with Crippen LogP contribution in [0.3, 0.4) is 0 Å². The molecule has 0 saturated carbocycles. The topological polar surface area (TPSA) is 59.4 Å². The number of hydrogen-bond donors (Lipinski definition) is 1. The number of thiazole rings is 1. The zero-order valence-electron chi connectivity index (χ0n) is 7.55. The molecule has 0 amide bonds. The fourth-order valence-electron chi connectivity index (χ4n) is 1.65. The molecular weight excluding hydrogens is 202 g/mol. The van der Waals surface area contributed by atoms with Crippen molar-refractivity contribution in [2.24, 2.45) is 5.92 Å². The molecule has 1 saturated heterocycles. The fraction of sp³-hybridized carbons (Fsp3) is 0.556. The number of nitrogens with zero attached hydrogens (tertiary/aromatic N) is 1. The van der Waals surface area contributed by atoms with Gasteiger partial charge in [0.2, 0.25) is 0 Å². The SMILES string of the molecule is O=C(O)[C@H]1CCCO[C@@H]1c1nccs1. The monoisotopic (exact) mass is 213 g/mol. The zero-order chi connectivity index (χ0) is 9.97. The number of hydrogen-bond acceptors (Lipinski definition) is 4. The molecule has 1 aliphatic heterocycles. The summed E-state index contributed by atoms with van der Waals surface area (Å²) in [5, 5.41) is 11.6. The second-order valence-electron chi connectivity index (χ2n) is 3.25. The first-order chi connectivity index (χ1) is 6.79.